The lowest BCUT2D eigenvalue weighted by atomic mass is 10.1. The van der Waals surface area contributed by atoms with Crippen LogP contribution >= 0.6 is 11.3 Å². The molecule has 2 rings (SSSR count). The molecule has 0 amide bonds. The first-order valence-corrected chi connectivity index (χ1v) is 6.46. The number of hydrogen-bond acceptors (Lipinski definition) is 2. The van der Waals surface area contributed by atoms with Crippen molar-refractivity contribution in [3.05, 3.63) is 57.8 Å². The summed E-state index contributed by atoms with van der Waals surface area (Å²) in [7, 11) is 0. The van der Waals surface area contributed by atoms with Crippen LogP contribution in [-0.4, -0.2) is 0 Å². The predicted octanol–water partition coefficient (Wildman–Crippen LogP) is 3.91. The Labute approximate surface area is 101 Å². The van der Waals surface area contributed by atoms with E-state index in [1.54, 1.807) is 11.3 Å². The normalized spacial score (nSPS) is 12.6. The van der Waals surface area contributed by atoms with Crippen LogP contribution in [0.25, 0.3) is 0 Å². The van der Waals surface area contributed by atoms with Crippen molar-refractivity contribution in [1.29, 1.82) is 0 Å². The number of benzene rings is 1. The summed E-state index contributed by atoms with van der Waals surface area (Å²) in [4.78, 5) is 1.40. The van der Waals surface area contributed by atoms with Crippen molar-refractivity contribution < 1.29 is 0 Å². The highest BCUT2D eigenvalue weighted by molar-refractivity contribution is 7.10. The molecule has 0 saturated heterocycles. The van der Waals surface area contributed by atoms with Gasteiger partial charge in [0.05, 0.1) is 0 Å². The zero-order valence-electron chi connectivity index (χ0n) is 9.73. The first-order valence-electron chi connectivity index (χ1n) is 5.58. The third-order valence-corrected chi connectivity index (χ3v) is 3.76. The molecule has 1 aromatic carbocycles. The van der Waals surface area contributed by atoms with Gasteiger partial charge in [0.15, 0.2) is 0 Å². The van der Waals surface area contributed by atoms with Crippen LogP contribution in [0.4, 0.5) is 0 Å². The van der Waals surface area contributed by atoms with Gasteiger partial charge in [0.1, 0.15) is 0 Å². The summed E-state index contributed by atoms with van der Waals surface area (Å²) < 4.78 is 0. The van der Waals surface area contributed by atoms with Crippen LogP contribution in [0.2, 0.25) is 0 Å². The molecule has 0 saturated carbocycles. The molecule has 1 unspecified atom stereocenters. The van der Waals surface area contributed by atoms with E-state index >= 15 is 0 Å². The Kier molecular flexibility index (Phi) is 3.75. The van der Waals surface area contributed by atoms with E-state index in [9.17, 15) is 0 Å². The third-order valence-electron chi connectivity index (χ3n) is 2.70. The summed E-state index contributed by atoms with van der Waals surface area (Å²) in [6.45, 7) is 5.25. The molecule has 0 aliphatic rings. The number of nitrogens with one attached hydrogen (secondary N) is 1. The standard InChI is InChI=1S/C14H17NS/c1-11-5-7-13(8-6-11)10-15-12(2)14-4-3-9-16-14/h3-9,12,15H,10H2,1-2H3. The Morgan fingerprint density at radius 3 is 2.56 bits per heavy atom. The number of rotatable bonds is 4. The SMILES string of the molecule is Cc1ccc(CNC(C)c2cccs2)cc1. The molecule has 0 aliphatic carbocycles. The maximum absolute atomic E-state index is 3.53. The van der Waals surface area contributed by atoms with Gasteiger partial charge in [0, 0.05) is 17.5 Å². The molecule has 16 heavy (non-hydrogen) atoms. The van der Waals surface area contributed by atoms with Gasteiger partial charge in [0.2, 0.25) is 0 Å². The van der Waals surface area contributed by atoms with Crippen molar-refractivity contribution in [3.63, 3.8) is 0 Å². The molecule has 1 nitrogen and oxygen atoms in total. The summed E-state index contributed by atoms with van der Waals surface area (Å²) in [6, 6.07) is 13.4. The monoisotopic (exact) mass is 231 g/mol. The van der Waals surface area contributed by atoms with E-state index in [1.807, 2.05) is 0 Å². The molecule has 2 aromatic rings. The highest BCUT2D eigenvalue weighted by Gasteiger charge is 2.04. The van der Waals surface area contributed by atoms with E-state index in [-0.39, 0.29) is 0 Å². The van der Waals surface area contributed by atoms with Crippen LogP contribution in [0.3, 0.4) is 0 Å². The van der Waals surface area contributed by atoms with Crippen LogP contribution in [0, 0.1) is 6.92 Å². The predicted molar refractivity (Wildman–Crippen MR) is 70.8 cm³/mol. The van der Waals surface area contributed by atoms with Gasteiger partial charge < -0.3 is 5.32 Å². The summed E-state index contributed by atoms with van der Waals surface area (Å²) in [5, 5.41) is 5.66. The number of hydrogen-bond donors (Lipinski definition) is 1. The van der Waals surface area contributed by atoms with Crippen LogP contribution in [-0.2, 0) is 6.54 Å². The average Bonchev–Trinajstić information content (AvgIpc) is 2.81. The van der Waals surface area contributed by atoms with Crippen LogP contribution in [0.1, 0.15) is 29.0 Å². The minimum Gasteiger partial charge on any atom is -0.305 e. The maximum atomic E-state index is 3.53. The molecular formula is C14H17NS. The first-order chi connectivity index (χ1) is 7.75. The van der Waals surface area contributed by atoms with Gasteiger partial charge in [-0.25, -0.2) is 0 Å². The molecule has 1 aromatic heterocycles. The van der Waals surface area contributed by atoms with Crippen molar-refractivity contribution in [2.24, 2.45) is 0 Å². The van der Waals surface area contributed by atoms with Crippen LogP contribution < -0.4 is 5.32 Å². The maximum Gasteiger partial charge on any atom is 0.0388 e. The molecule has 0 radical (unpaired) electrons. The highest BCUT2D eigenvalue weighted by Crippen LogP contribution is 2.18. The van der Waals surface area contributed by atoms with Crippen molar-refractivity contribution in [1.82, 2.24) is 5.32 Å². The second-order valence-electron chi connectivity index (χ2n) is 4.10. The minimum atomic E-state index is 0.432. The van der Waals surface area contributed by atoms with E-state index in [0.717, 1.165) is 6.54 Å². The lowest BCUT2D eigenvalue weighted by Gasteiger charge is -2.12. The van der Waals surface area contributed by atoms with Gasteiger partial charge in [-0.3, -0.25) is 0 Å². The molecule has 84 valence electrons. The first kappa shape index (κ1) is 11.4. The minimum absolute atomic E-state index is 0.432. The molecule has 0 aliphatic heterocycles. The fraction of sp³-hybridized carbons (Fsp3) is 0.286. The van der Waals surface area contributed by atoms with Crippen LogP contribution in [0.15, 0.2) is 41.8 Å². The Hall–Kier alpha value is -1.12. The smallest absolute Gasteiger partial charge is 0.0388 e. The van der Waals surface area contributed by atoms with E-state index in [1.165, 1.54) is 16.0 Å². The van der Waals surface area contributed by atoms with Gasteiger partial charge in [-0.2, -0.15) is 0 Å². The fourth-order valence-corrected chi connectivity index (χ4v) is 2.37. The van der Waals surface area contributed by atoms with Gasteiger partial charge in [-0.15, -0.1) is 11.3 Å². The van der Waals surface area contributed by atoms with Crippen molar-refractivity contribution in [3.8, 4) is 0 Å². The number of thiophene rings is 1. The second kappa shape index (κ2) is 5.28. The van der Waals surface area contributed by atoms with Gasteiger partial charge in [-0.1, -0.05) is 35.9 Å². The lowest BCUT2D eigenvalue weighted by molar-refractivity contribution is 0.583. The van der Waals surface area contributed by atoms with Crippen molar-refractivity contribution in [2.45, 2.75) is 26.4 Å². The summed E-state index contributed by atoms with van der Waals surface area (Å²) in [6.07, 6.45) is 0. The van der Waals surface area contributed by atoms with Crippen molar-refractivity contribution >= 4 is 11.3 Å². The van der Waals surface area contributed by atoms with Gasteiger partial charge in [-0.05, 0) is 30.9 Å². The largest absolute Gasteiger partial charge is 0.305 e. The Morgan fingerprint density at radius 1 is 1.19 bits per heavy atom. The lowest BCUT2D eigenvalue weighted by Crippen LogP contribution is -2.16. The van der Waals surface area contributed by atoms with Gasteiger partial charge in [0.25, 0.3) is 0 Å². The zero-order chi connectivity index (χ0) is 11.4. The van der Waals surface area contributed by atoms with Gasteiger partial charge >= 0.3 is 0 Å². The Bertz CT molecular complexity index is 417. The summed E-state index contributed by atoms with van der Waals surface area (Å²) in [5.41, 5.74) is 2.66. The molecule has 0 spiro atoms. The molecule has 0 fully saturated rings. The summed E-state index contributed by atoms with van der Waals surface area (Å²) >= 11 is 1.81. The fourth-order valence-electron chi connectivity index (χ4n) is 1.62. The molecular weight excluding hydrogens is 214 g/mol. The average molecular weight is 231 g/mol. The number of aryl methyl sites for hydroxylation is 1. The summed E-state index contributed by atoms with van der Waals surface area (Å²) in [5.74, 6) is 0. The third kappa shape index (κ3) is 2.94. The molecule has 0 bridgehead atoms. The molecule has 2 heteroatoms. The van der Waals surface area contributed by atoms with E-state index in [2.05, 4.69) is 60.9 Å². The molecule has 1 N–H and O–H groups in total. The molecule has 1 atom stereocenters. The van der Waals surface area contributed by atoms with Crippen LogP contribution in [0.5, 0.6) is 0 Å². The topological polar surface area (TPSA) is 12.0 Å². The zero-order valence-corrected chi connectivity index (χ0v) is 10.6. The quantitative estimate of drug-likeness (QED) is 0.841. The van der Waals surface area contributed by atoms with E-state index in [0.29, 0.717) is 6.04 Å². The van der Waals surface area contributed by atoms with Crippen molar-refractivity contribution in [2.75, 3.05) is 0 Å². The Balaban J connectivity index is 1.90. The van der Waals surface area contributed by atoms with E-state index < -0.39 is 0 Å². The second-order valence-corrected chi connectivity index (χ2v) is 5.08. The highest BCUT2D eigenvalue weighted by atomic mass is 32.1. The van der Waals surface area contributed by atoms with E-state index in [4.69, 9.17) is 0 Å². The molecule has 1 heterocycles. The Morgan fingerprint density at radius 2 is 1.94 bits per heavy atom.